The molecule has 1 aromatic carbocycles. The van der Waals surface area contributed by atoms with Crippen molar-refractivity contribution in [1.29, 1.82) is 0 Å². The first-order chi connectivity index (χ1) is 12.7. The number of aryl methyl sites for hydroxylation is 1. The summed E-state index contributed by atoms with van der Waals surface area (Å²) in [6.45, 7) is 7.57. The molecule has 27 heavy (non-hydrogen) atoms. The molecule has 0 saturated heterocycles. The second-order valence-corrected chi connectivity index (χ2v) is 6.09. The van der Waals surface area contributed by atoms with E-state index >= 15 is 0 Å². The summed E-state index contributed by atoms with van der Waals surface area (Å²) in [4.78, 5) is 7.91. The molecule has 3 N–H and O–H groups in total. The van der Waals surface area contributed by atoms with Gasteiger partial charge in [-0.2, -0.15) is 0 Å². The average molecular weight is 479 g/mol. The average Bonchev–Trinajstić information content (AvgIpc) is 3.21. The number of fused-ring (bicyclic) bond motifs is 1. The summed E-state index contributed by atoms with van der Waals surface area (Å²) < 4.78 is 1.95. The first-order valence-corrected chi connectivity index (χ1v) is 8.72. The van der Waals surface area contributed by atoms with Crippen LogP contribution >= 0.6 is 24.0 Å². The molecule has 2 heterocycles. The molecule has 0 amide bonds. The summed E-state index contributed by atoms with van der Waals surface area (Å²) in [5, 5.41) is 16.1. The van der Waals surface area contributed by atoms with Gasteiger partial charge in [-0.15, -0.1) is 40.8 Å². The lowest BCUT2D eigenvalue weighted by Crippen LogP contribution is -2.38. The fourth-order valence-electron chi connectivity index (χ4n) is 2.74. The van der Waals surface area contributed by atoms with Crippen LogP contribution in [0.1, 0.15) is 17.2 Å². The zero-order valence-electron chi connectivity index (χ0n) is 15.7. The van der Waals surface area contributed by atoms with Gasteiger partial charge in [0.2, 0.25) is 0 Å². The summed E-state index contributed by atoms with van der Waals surface area (Å²) in [7, 11) is 1.95. The van der Waals surface area contributed by atoms with Crippen LogP contribution in [0.2, 0.25) is 0 Å². The molecule has 0 aliphatic heterocycles. The zero-order valence-corrected chi connectivity index (χ0v) is 18.0. The first kappa shape index (κ1) is 20.9. The Morgan fingerprint density at radius 2 is 2.11 bits per heavy atom. The van der Waals surface area contributed by atoms with Crippen molar-refractivity contribution < 1.29 is 0 Å². The highest BCUT2D eigenvalue weighted by Gasteiger charge is 2.06. The van der Waals surface area contributed by atoms with E-state index in [0.29, 0.717) is 13.1 Å². The van der Waals surface area contributed by atoms with E-state index in [1.807, 2.05) is 30.7 Å². The number of H-pyrrole nitrogens is 1. The van der Waals surface area contributed by atoms with Crippen LogP contribution in [-0.4, -0.2) is 38.8 Å². The molecule has 8 heteroatoms. The van der Waals surface area contributed by atoms with Gasteiger partial charge in [0.15, 0.2) is 11.8 Å². The number of hydrogen-bond donors (Lipinski definition) is 3. The van der Waals surface area contributed by atoms with Gasteiger partial charge in [0.25, 0.3) is 0 Å². The fraction of sp³-hybridized carbons (Fsp3) is 0.316. The summed E-state index contributed by atoms with van der Waals surface area (Å²) in [6, 6.07) is 8.34. The normalized spacial score (nSPS) is 11.3. The van der Waals surface area contributed by atoms with Gasteiger partial charge in [0.1, 0.15) is 12.4 Å². The third-order valence-electron chi connectivity index (χ3n) is 4.34. The van der Waals surface area contributed by atoms with Gasteiger partial charge in [-0.1, -0.05) is 24.3 Å². The van der Waals surface area contributed by atoms with Crippen molar-refractivity contribution >= 4 is 40.8 Å². The Bertz CT molecular complexity index is 910. The summed E-state index contributed by atoms with van der Waals surface area (Å²) >= 11 is 0. The largest absolute Gasteiger partial charge is 0.361 e. The molecule has 144 valence electrons. The monoisotopic (exact) mass is 479 g/mol. The van der Waals surface area contributed by atoms with Crippen LogP contribution in [0.4, 0.5) is 0 Å². The van der Waals surface area contributed by atoms with E-state index in [0.717, 1.165) is 30.6 Å². The number of rotatable bonds is 7. The van der Waals surface area contributed by atoms with Crippen molar-refractivity contribution in [2.45, 2.75) is 19.9 Å². The number of aromatic amines is 1. The Hall–Kier alpha value is -2.36. The molecular formula is C19H26IN7. The minimum atomic E-state index is 0. The number of aromatic nitrogens is 4. The minimum absolute atomic E-state index is 0. The van der Waals surface area contributed by atoms with Crippen molar-refractivity contribution in [2.75, 3.05) is 13.1 Å². The number of guanidine groups is 1. The lowest BCUT2D eigenvalue weighted by Gasteiger charge is -2.11. The lowest BCUT2D eigenvalue weighted by molar-refractivity contribution is 0.757. The smallest absolute Gasteiger partial charge is 0.191 e. The SMILES string of the molecule is C=CCNC(=NCc1nnc(C)n1C)NCCc1c[nH]c2ccccc12.I. The minimum Gasteiger partial charge on any atom is -0.361 e. The number of para-hydroxylation sites is 1. The van der Waals surface area contributed by atoms with Crippen molar-refractivity contribution in [3.05, 3.63) is 60.3 Å². The lowest BCUT2D eigenvalue weighted by atomic mass is 10.1. The summed E-state index contributed by atoms with van der Waals surface area (Å²) in [5.74, 6) is 2.45. The number of hydrogen-bond acceptors (Lipinski definition) is 3. The summed E-state index contributed by atoms with van der Waals surface area (Å²) in [6.07, 6.45) is 4.79. The second-order valence-electron chi connectivity index (χ2n) is 6.09. The Labute approximate surface area is 176 Å². The van der Waals surface area contributed by atoms with Crippen LogP contribution < -0.4 is 10.6 Å². The highest BCUT2D eigenvalue weighted by Crippen LogP contribution is 2.17. The van der Waals surface area contributed by atoms with E-state index < -0.39 is 0 Å². The Balaban J connectivity index is 0.00000261. The molecule has 0 aliphatic rings. The molecule has 2 aromatic heterocycles. The zero-order chi connectivity index (χ0) is 18.4. The third kappa shape index (κ3) is 5.31. The third-order valence-corrected chi connectivity index (χ3v) is 4.34. The molecule has 3 rings (SSSR count). The maximum atomic E-state index is 4.60. The van der Waals surface area contributed by atoms with Crippen LogP contribution in [-0.2, 0) is 20.0 Å². The Morgan fingerprint density at radius 3 is 2.85 bits per heavy atom. The standard InChI is InChI=1S/C19H25N7.HI/c1-4-10-20-19(23-13-18-25-24-14(2)26(18)3)21-11-9-15-12-22-17-8-6-5-7-16(15)17;/h4-8,12,22H,1,9-11,13H2,2-3H3,(H2,20,21,23);1H. The molecule has 0 bridgehead atoms. The van der Waals surface area contributed by atoms with Crippen molar-refractivity contribution in [1.82, 2.24) is 30.4 Å². The number of aliphatic imine (C=N–C) groups is 1. The van der Waals surface area contributed by atoms with Gasteiger partial charge in [0, 0.05) is 37.2 Å². The molecule has 0 aliphatic carbocycles. The number of halogens is 1. The van der Waals surface area contributed by atoms with E-state index in [4.69, 9.17) is 0 Å². The number of nitrogens with zero attached hydrogens (tertiary/aromatic N) is 4. The van der Waals surface area contributed by atoms with Crippen LogP contribution in [0.25, 0.3) is 10.9 Å². The molecule has 0 fully saturated rings. The van der Waals surface area contributed by atoms with Crippen LogP contribution in [0.5, 0.6) is 0 Å². The van der Waals surface area contributed by atoms with E-state index in [2.05, 4.69) is 61.8 Å². The van der Waals surface area contributed by atoms with Crippen molar-refractivity contribution in [3.63, 3.8) is 0 Å². The van der Waals surface area contributed by atoms with Gasteiger partial charge in [-0.3, -0.25) is 0 Å². The van der Waals surface area contributed by atoms with Gasteiger partial charge in [-0.05, 0) is 25.0 Å². The predicted octanol–water partition coefficient (Wildman–Crippen LogP) is 2.69. The molecule has 7 nitrogen and oxygen atoms in total. The Morgan fingerprint density at radius 1 is 1.30 bits per heavy atom. The van der Waals surface area contributed by atoms with Crippen LogP contribution in [0, 0.1) is 6.92 Å². The number of benzene rings is 1. The van der Waals surface area contributed by atoms with Gasteiger partial charge in [0.05, 0.1) is 0 Å². The maximum absolute atomic E-state index is 4.60. The molecule has 0 saturated carbocycles. The maximum Gasteiger partial charge on any atom is 0.191 e. The highest BCUT2D eigenvalue weighted by atomic mass is 127. The predicted molar refractivity (Wildman–Crippen MR) is 120 cm³/mol. The van der Waals surface area contributed by atoms with Crippen LogP contribution in [0.15, 0.2) is 48.1 Å². The first-order valence-electron chi connectivity index (χ1n) is 8.72. The van der Waals surface area contributed by atoms with E-state index in [-0.39, 0.29) is 24.0 Å². The van der Waals surface area contributed by atoms with E-state index in [9.17, 15) is 0 Å². The quantitative estimate of drug-likeness (QED) is 0.211. The molecule has 0 unspecified atom stereocenters. The van der Waals surface area contributed by atoms with Crippen LogP contribution in [0.3, 0.4) is 0 Å². The molecule has 0 radical (unpaired) electrons. The molecule has 0 atom stereocenters. The topological polar surface area (TPSA) is 82.9 Å². The number of nitrogens with one attached hydrogen (secondary N) is 3. The summed E-state index contributed by atoms with van der Waals surface area (Å²) in [5.41, 5.74) is 2.46. The van der Waals surface area contributed by atoms with Gasteiger partial charge in [-0.25, -0.2) is 4.99 Å². The Kier molecular flexibility index (Phi) is 7.83. The molecule has 0 spiro atoms. The second kappa shape index (κ2) is 10.1. The van der Waals surface area contributed by atoms with E-state index in [1.165, 1.54) is 16.5 Å². The molecular weight excluding hydrogens is 453 g/mol. The fourth-order valence-corrected chi connectivity index (χ4v) is 2.74. The van der Waals surface area contributed by atoms with Gasteiger partial charge >= 0.3 is 0 Å². The van der Waals surface area contributed by atoms with E-state index in [1.54, 1.807) is 0 Å². The van der Waals surface area contributed by atoms with Crippen molar-refractivity contribution in [2.24, 2.45) is 12.0 Å². The van der Waals surface area contributed by atoms with Crippen molar-refractivity contribution in [3.8, 4) is 0 Å². The molecule has 3 aromatic rings. The van der Waals surface area contributed by atoms with Gasteiger partial charge < -0.3 is 20.2 Å². The highest BCUT2D eigenvalue weighted by molar-refractivity contribution is 14.0.